The van der Waals surface area contributed by atoms with Crippen molar-refractivity contribution in [3.05, 3.63) is 40.7 Å². The van der Waals surface area contributed by atoms with Gasteiger partial charge in [0.05, 0.1) is 19.3 Å². The predicted octanol–water partition coefficient (Wildman–Crippen LogP) is 2.90. The molecular weight excluding hydrogens is 303 g/mol. The second-order valence-corrected chi connectivity index (χ2v) is 6.35. The molecule has 0 aliphatic carbocycles. The van der Waals surface area contributed by atoms with Crippen molar-refractivity contribution in [3.63, 3.8) is 0 Å². The van der Waals surface area contributed by atoms with Gasteiger partial charge in [-0.3, -0.25) is 4.90 Å². The van der Waals surface area contributed by atoms with Crippen molar-refractivity contribution >= 4 is 17.3 Å². The molecule has 4 nitrogen and oxygen atoms in total. The molecule has 1 fully saturated rings. The van der Waals surface area contributed by atoms with Crippen LogP contribution in [0.15, 0.2) is 35.7 Å². The van der Waals surface area contributed by atoms with Crippen LogP contribution in [0.2, 0.25) is 0 Å². The Hall–Kier alpha value is -1.79. The minimum atomic E-state index is -1.88. The number of carbonyl (C=O) groups is 1. The highest BCUT2D eigenvalue weighted by Crippen LogP contribution is 2.29. The van der Waals surface area contributed by atoms with Crippen molar-refractivity contribution < 1.29 is 13.9 Å². The molecule has 0 spiro atoms. The summed E-state index contributed by atoms with van der Waals surface area (Å²) < 4.78 is 18.9. The van der Waals surface area contributed by atoms with Crippen molar-refractivity contribution in [1.82, 2.24) is 9.88 Å². The Morgan fingerprint density at radius 2 is 2.23 bits per heavy atom. The lowest BCUT2D eigenvalue weighted by molar-refractivity contribution is -0.153. The molecule has 0 saturated carbocycles. The molecule has 1 aromatic carbocycles. The first-order valence-electron chi connectivity index (χ1n) is 7.10. The zero-order chi connectivity index (χ0) is 15.6. The molecule has 2 heterocycles. The highest BCUT2D eigenvalue weighted by atomic mass is 32.1. The van der Waals surface area contributed by atoms with E-state index in [1.165, 1.54) is 7.11 Å². The lowest BCUT2D eigenvalue weighted by Gasteiger charge is -2.17. The van der Waals surface area contributed by atoms with Crippen LogP contribution >= 0.6 is 11.3 Å². The quantitative estimate of drug-likeness (QED) is 0.813. The first-order chi connectivity index (χ1) is 10.6. The van der Waals surface area contributed by atoms with E-state index in [4.69, 9.17) is 0 Å². The summed E-state index contributed by atoms with van der Waals surface area (Å²) in [5, 5.41) is 2.93. The van der Waals surface area contributed by atoms with Crippen LogP contribution in [-0.4, -0.2) is 41.7 Å². The smallest absolute Gasteiger partial charge is 0.345 e. The molecule has 0 radical (unpaired) electrons. The molecule has 22 heavy (non-hydrogen) atoms. The second kappa shape index (κ2) is 6.14. The Kier molecular flexibility index (Phi) is 4.22. The molecule has 1 atom stereocenters. The Morgan fingerprint density at radius 1 is 1.45 bits per heavy atom. The van der Waals surface area contributed by atoms with Gasteiger partial charge in [-0.25, -0.2) is 14.2 Å². The Bertz CT molecular complexity index is 661. The lowest BCUT2D eigenvalue weighted by atomic mass is 10.1. The molecule has 2 aromatic rings. The van der Waals surface area contributed by atoms with Gasteiger partial charge in [-0.1, -0.05) is 30.3 Å². The monoisotopic (exact) mass is 320 g/mol. The lowest BCUT2D eigenvalue weighted by Crippen LogP contribution is -2.37. The van der Waals surface area contributed by atoms with E-state index in [1.54, 1.807) is 11.3 Å². The number of ether oxygens (including phenoxy) is 1. The van der Waals surface area contributed by atoms with Gasteiger partial charge < -0.3 is 4.74 Å². The molecule has 1 aliphatic rings. The van der Waals surface area contributed by atoms with Crippen LogP contribution in [0, 0.1) is 0 Å². The molecule has 0 unspecified atom stereocenters. The third-order valence-corrected chi connectivity index (χ3v) is 4.66. The first-order valence-corrected chi connectivity index (χ1v) is 7.98. The molecule has 1 aliphatic heterocycles. The fourth-order valence-corrected chi connectivity index (χ4v) is 3.49. The number of thiazole rings is 1. The maximum absolute atomic E-state index is 14.4. The van der Waals surface area contributed by atoms with Crippen molar-refractivity contribution in [2.45, 2.75) is 18.6 Å². The summed E-state index contributed by atoms with van der Waals surface area (Å²) in [6.45, 7) is 1.16. The largest absolute Gasteiger partial charge is 0.467 e. The van der Waals surface area contributed by atoms with Crippen molar-refractivity contribution in [2.24, 2.45) is 0 Å². The van der Waals surface area contributed by atoms with Crippen molar-refractivity contribution in [1.29, 1.82) is 0 Å². The summed E-state index contributed by atoms with van der Waals surface area (Å²) in [4.78, 5) is 18.0. The van der Waals surface area contributed by atoms with E-state index in [9.17, 15) is 9.18 Å². The highest BCUT2D eigenvalue weighted by molar-refractivity contribution is 7.09. The van der Waals surface area contributed by atoms with Crippen LogP contribution in [0.5, 0.6) is 0 Å². The highest BCUT2D eigenvalue weighted by Gasteiger charge is 2.46. The summed E-state index contributed by atoms with van der Waals surface area (Å²) in [7, 11) is 1.22. The van der Waals surface area contributed by atoms with E-state index in [1.807, 2.05) is 40.6 Å². The van der Waals surface area contributed by atoms with Crippen LogP contribution < -0.4 is 0 Å². The maximum atomic E-state index is 14.4. The van der Waals surface area contributed by atoms with Gasteiger partial charge in [0.2, 0.25) is 5.67 Å². The van der Waals surface area contributed by atoms with Gasteiger partial charge in [0.1, 0.15) is 5.01 Å². The number of rotatable bonds is 4. The molecule has 1 aromatic heterocycles. The third kappa shape index (κ3) is 3.03. The SMILES string of the molecule is COC(=O)[C@]1(F)CCN(Cc2nc(-c3ccccc3)cs2)C1. The number of benzene rings is 1. The van der Waals surface area contributed by atoms with E-state index in [2.05, 4.69) is 9.72 Å². The molecule has 1 saturated heterocycles. The van der Waals surface area contributed by atoms with Gasteiger partial charge in [-0.2, -0.15) is 0 Å². The fraction of sp³-hybridized carbons (Fsp3) is 0.375. The number of aromatic nitrogens is 1. The number of methoxy groups -OCH3 is 1. The third-order valence-electron chi connectivity index (χ3n) is 3.83. The van der Waals surface area contributed by atoms with Crippen LogP contribution in [0.1, 0.15) is 11.4 Å². The number of likely N-dealkylation sites (tertiary alicyclic amines) is 1. The van der Waals surface area contributed by atoms with Gasteiger partial charge in [0.25, 0.3) is 0 Å². The second-order valence-electron chi connectivity index (χ2n) is 5.41. The summed E-state index contributed by atoms with van der Waals surface area (Å²) in [5.41, 5.74) is 0.119. The number of hydrogen-bond acceptors (Lipinski definition) is 5. The summed E-state index contributed by atoms with van der Waals surface area (Å²) in [6, 6.07) is 9.94. The van der Waals surface area contributed by atoms with E-state index in [0.717, 1.165) is 16.3 Å². The molecule has 0 bridgehead atoms. The van der Waals surface area contributed by atoms with E-state index >= 15 is 0 Å². The Labute approximate surface area is 132 Å². The number of esters is 1. The molecule has 3 rings (SSSR count). The number of carbonyl (C=O) groups excluding carboxylic acids is 1. The average Bonchev–Trinajstić information content (AvgIpc) is 3.16. The van der Waals surface area contributed by atoms with Crippen molar-refractivity contribution in [3.8, 4) is 11.3 Å². The standard InChI is InChI=1S/C16H17FN2O2S/c1-21-15(20)16(17)7-8-19(11-16)9-14-18-13(10-22-14)12-5-3-2-4-6-12/h2-6,10H,7-9,11H2,1H3/t16-/m0/s1. The van der Waals surface area contributed by atoms with Gasteiger partial charge in [0.15, 0.2) is 0 Å². The van der Waals surface area contributed by atoms with Gasteiger partial charge in [-0.05, 0) is 0 Å². The van der Waals surface area contributed by atoms with Crippen LogP contribution in [0.3, 0.4) is 0 Å². The van der Waals surface area contributed by atoms with E-state index in [-0.39, 0.29) is 13.0 Å². The maximum Gasteiger partial charge on any atom is 0.345 e. The molecular formula is C16H17FN2O2S. The van der Waals surface area contributed by atoms with Crippen LogP contribution in [-0.2, 0) is 16.1 Å². The Balaban J connectivity index is 1.66. The topological polar surface area (TPSA) is 42.4 Å². The number of alkyl halides is 1. The predicted molar refractivity (Wildman–Crippen MR) is 83.3 cm³/mol. The van der Waals surface area contributed by atoms with Gasteiger partial charge in [-0.15, -0.1) is 11.3 Å². The minimum Gasteiger partial charge on any atom is -0.467 e. The zero-order valence-corrected chi connectivity index (χ0v) is 13.1. The summed E-state index contributed by atoms with van der Waals surface area (Å²) >= 11 is 1.55. The normalized spacial score (nSPS) is 21.9. The summed E-state index contributed by atoms with van der Waals surface area (Å²) in [6.07, 6.45) is 0.177. The van der Waals surface area contributed by atoms with Crippen LogP contribution in [0.25, 0.3) is 11.3 Å². The first kappa shape index (κ1) is 15.1. The van der Waals surface area contributed by atoms with Gasteiger partial charge >= 0.3 is 5.97 Å². The van der Waals surface area contributed by atoms with E-state index < -0.39 is 11.6 Å². The summed E-state index contributed by atoms with van der Waals surface area (Å²) in [5.74, 6) is -0.779. The Morgan fingerprint density at radius 3 is 2.95 bits per heavy atom. The minimum absolute atomic E-state index is 0.0694. The number of nitrogens with zero attached hydrogens (tertiary/aromatic N) is 2. The number of halogens is 1. The molecule has 116 valence electrons. The fourth-order valence-electron chi connectivity index (χ4n) is 2.65. The van der Waals surface area contributed by atoms with Gasteiger partial charge in [0, 0.05) is 30.5 Å². The molecule has 0 N–H and O–H groups in total. The van der Waals surface area contributed by atoms with E-state index in [0.29, 0.717) is 13.1 Å². The van der Waals surface area contributed by atoms with Crippen molar-refractivity contribution in [2.75, 3.05) is 20.2 Å². The molecule has 6 heteroatoms. The average molecular weight is 320 g/mol. The number of hydrogen-bond donors (Lipinski definition) is 0. The van der Waals surface area contributed by atoms with Crippen LogP contribution in [0.4, 0.5) is 4.39 Å². The molecule has 0 amide bonds. The zero-order valence-electron chi connectivity index (χ0n) is 12.3.